The van der Waals surface area contributed by atoms with E-state index in [-0.39, 0.29) is 16.9 Å². The van der Waals surface area contributed by atoms with E-state index in [1.165, 1.54) is 17.0 Å². The maximum atomic E-state index is 6.26. The second-order valence-electron chi connectivity index (χ2n) is 7.68. The largest absolute Gasteiger partial charge is 0.372 e. The molecule has 22 heavy (non-hydrogen) atoms. The van der Waals surface area contributed by atoms with Gasteiger partial charge in [0, 0.05) is 23.9 Å². The molecule has 2 unspecified atom stereocenters. The molecule has 6 aliphatic rings. The fourth-order valence-electron chi connectivity index (χ4n) is 6.53. The van der Waals surface area contributed by atoms with Crippen molar-refractivity contribution in [2.75, 3.05) is 13.2 Å². The van der Waals surface area contributed by atoms with Crippen LogP contribution in [-0.4, -0.2) is 31.0 Å². The lowest BCUT2D eigenvalue weighted by atomic mass is 9.38. The fraction of sp³-hybridized carbons (Fsp3) is 0.526. The number of hydrogen-bond acceptors (Lipinski definition) is 3. The van der Waals surface area contributed by atoms with Gasteiger partial charge in [0.25, 0.3) is 0 Å². The highest BCUT2D eigenvalue weighted by molar-refractivity contribution is 6.07. The van der Waals surface area contributed by atoms with Crippen molar-refractivity contribution in [2.45, 2.75) is 30.4 Å². The van der Waals surface area contributed by atoms with Crippen LogP contribution in [0.4, 0.5) is 5.69 Å². The van der Waals surface area contributed by atoms with E-state index in [9.17, 15) is 0 Å². The Balaban J connectivity index is 1.73. The summed E-state index contributed by atoms with van der Waals surface area (Å²) >= 11 is 0. The average Bonchev–Trinajstić information content (AvgIpc) is 2.90. The minimum absolute atomic E-state index is 0.0335. The van der Waals surface area contributed by atoms with Crippen LogP contribution in [0.2, 0.25) is 0 Å². The summed E-state index contributed by atoms with van der Waals surface area (Å²) in [5.41, 5.74) is 4.03. The Hall–Kier alpha value is -1.45. The zero-order chi connectivity index (χ0) is 14.5. The molecular formula is C19H20N2O. The third-order valence-corrected chi connectivity index (χ3v) is 7.34. The number of fused-ring (bicyclic) bond motifs is 4. The Bertz CT molecular complexity index is 741. The molecule has 6 atom stereocenters. The van der Waals surface area contributed by atoms with Gasteiger partial charge in [-0.3, -0.25) is 4.99 Å². The number of hydrogen-bond donors (Lipinski definition) is 1. The van der Waals surface area contributed by atoms with Crippen LogP contribution in [-0.2, 0) is 10.2 Å². The number of ether oxygens (including phenoxy) is 1. The number of nitrogens with zero attached hydrogens (tertiary/aromatic N) is 1. The summed E-state index contributed by atoms with van der Waals surface area (Å²) in [4.78, 5) is 5.09. The molecule has 3 heteroatoms. The first-order valence-corrected chi connectivity index (χ1v) is 8.47. The van der Waals surface area contributed by atoms with E-state index in [0.717, 1.165) is 26.0 Å². The van der Waals surface area contributed by atoms with Crippen molar-refractivity contribution in [3.63, 3.8) is 0 Å². The predicted molar refractivity (Wildman–Crippen MR) is 85.6 cm³/mol. The quantitative estimate of drug-likeness (QED) is 0.807. The molecule has 5 bridgehead atoms. The van der Waals surface area contributed by atoms with Gasteiger partial charge < -0.3 is 10.1 Å². The zero-order valence-electron chi connectivity index (χ0n) is 12.6. The lowest BCUT2D eigenvalue weighted by molar-refractivity contribution is -0.152. The minimum Gasteiger partial charge on any atom is -0.372 e. The van der Waals surface area contributed by atoms with Gasteiger partial charge in [-0.25, -0.2) is 0 Å². The Morgan fingerprint density at radius 2 is 2.27 bits per heavy atom. The highest BCUT2D eigenvalue weighted by Gasteiger charge is 2.73. The standard InChI is InChI=1S/C19H20N2O/c1-2-18-10-20-15-8-19(18)12-5-3-4-6-14(12)21-17(19)16-7-13(18)11(15)9-22-16/h2-6,11,13,15-16,20H,1,7-10H2/t11?,13-,15-,16-,18+,19?/m1/s1. The van der Waals surface area contributed by atoms with Crippen LogP contribution in [0.1, 0.15) is 18.4 Å². The van der Waals surface area contributed by atoms with Gasteiger partial charge in [0.05, 0.1) is 29.5 Å². The monoisotopic (exact) mass is 292 g/mol. The molecule has 3 saturated heterocycles. The van der Waals surface area contributed by atoms with Gasteiger partial charge in [0.1, 0.15) is 0 Å². The normalized spacial score (nSPS) is 49.5. The van der Waals surface area contributed by atoms with Crippen molar-refractivity contribution >= 4 is 11.4 Å². The van der Waals surface area contributed by atoms with E-state index in [1.807, 2.05) is 0 Å². The Morgan fingerprint density at radius 1 is 1.36 bits per heavy atom. The maximum absolute atomic E-state index is 6.26. The van der Waals surface area contributed by atoms with Gasteiger partial charge >= 0.3 is 0 Å². The van der Waals surface area contributed by atoms with Crippen LogP contribution in [0, 0.1) is 17.3 Å². The summed E-state index contributed by atoms with van der Waals surface area (Å²) < 4.78 is 6.26. The average molecular weight is 292 g/mol. The Labute approximate surface area is 130 Å². The molecular weight excluding hydrogens is 272 g/mol. The molecule has 2 saturated carbocycles. The minimum atomic E-state index is 0.0335. The number of aliphatic imine (C=N–C) groups is 1. The van der Waals surface area contributed by atoms with Crippen LogP contribution < -0.4 is 5.32 Å². The van der Waals surface area contributed by atoms with Crippen molar-refractivity contribution in [1.82, 2.24) is 5.32 Å². The molecule has 0 aromatic heterocycles. The molecule has 1 spiro atoms. The van der Waals surface area contributed by atoms with Gasteiger partial charge in [0.15, 0.2) is 0 Å². The molecule has 4 heterocycles. The summed E-state index contributed by atoms with van der Waals surface area (Å²) in [6.07, 6.45) is 4.78. The molecule has 0 amide bonds. The van der Waals surface area contributed by atoms with E-state index in [4.69, 9.17) is 9.73 Å². The van der Waals surface area contributed by atoms with E-state index in [2.05, 4.69) is 42.2 Å². The first-order chi connectivity index (χ1) is 10.8. The molecule has 3 nitrogen and oxygen atoms in total. The molecule has 5 fully saturated rings. The summed E-state index contributed by atoms with van der Waals surface area (Å²) in [6, 6.07) is 9.30. The number of piperidine rings is 2. The van der Waals surface area contributed by atoms with Crippen LogP contribution in [0.25, 0.3) is 0 Å². The lowest BCUT2D eigenvalue weighted by Crippen LogP contribution is -2.78. The lowest BCUT2D eigenvalue weighted by Gasteiger charge is -2.70. The third kappa shape index (κ3) is 1.00. The van der Waals surface area contributed by atoms with Crippen molar-refractivity contribution in [2.24, 2.45) is 22.2 Å². The number of para-hydroxylation sites is 1. The summed E-state index contributed by atoms with van der Waals surface area (Å²) in [5.74, 6) is 1.33. The molecule has 112 valence electrons. The van der Waals surface area contributed by atoms with Gasteiger partial charge in [-0.05, 0) is 30.4 Å². The number of nitrogens with one attached hydrogen (secondary N) is 1. The molecule has 2 aliphatic carbocycles. The molecule has 4 aliphatic heterocycles. The highest BCUT2D eigenvalue weighted by atomic mass is 16.5. The first-order valence-electron chi connectivity index (χ1n) is 8.47. The second-order valence-corrected chi connectivity index (χ2v) is 7.68. The SMILES string of the molecule is C=C[C@@]12CN[C@@H]3CC14C(=Nc1ccccc14)[C@H]1C[C@@H]2C3CO1. The fourth-order valence-corrected chi connectivity index (χ4v) is 6.53. The smallest absolute Gasteiger partial charge is 0.0968 e. The highest BCUT2D eigenvalue weighted by Crippen LogP contribution is 2.69. The van der Waals surface area contributed by atoms with E-state index in [0.29, 0.717) is 17.9 Å². The van der Waals surface area contributed by atoms with Gasteiger partial charge in [0.2, 0.25) is 0 Å². The molecule has 1 N–H and O–H groups in total. The first kappa shape index (κ1) is 12.0. The van der Waals surface area contributed by atoms with Crippen molar-refractivity contribution in [1.29, 1.82) is 0 Å². The third-order valence-electron chi connectivity index (χ3n) is 7.34. The molecule has 1 aromatic carbocycles. The van der Waals surface area contributed by atoms with Crippen molar-refractivity contribution < 1.29 is 4.74 Å². The van der Waals surface area contributed by atoms with Crippen LogP contribution in [0.5, 0.6) is 0 Å². The van der Waals surface area contributed by atoms with Crippen molar-refractivity contribution in [3.8, 4) is 0 Å². The van der Waals surface area contributed by atoms with Gasteiger partial charge in [-0.15, -0.1) is 6.58 Å². The summed E-state index contributed by atoms with van der Waals surface area (Å²) in [5, 5.41) is 3.80. The second kappa shape index (κ2) is 3.55. The van der Waals surface area contributed by atoms with Gasteiger partial charge in [-0.1, -0.05) is 24.3 Å². The van der Waals surface area contributed by atoms with E-state index < -0.39 is 0 Å². The molecule has 0 radical (unpaired) electrons. The summed E-state index contributed by atoms with van der Waals surface area (Å²) in [6.45, 7) is 6.24. The Kier molecular flexibility index (Phi) is 1.94. The summed E-state index contributed by atoms with van der Waals surface area (Å²) in [7, 11) is 0. The maximum Gasteiger partial charge on any atom is 0.0968 e. The molecule has 7 rings (SSSR count). The number of rotatable bonds is 1. The number of benzene rings is 1. The van der Waals surface area contributed by atoms with Crippen LogP contribution in [0.15, 0.2) is 41.9 Å². The van der Waals surface area contributed by atoms with Gasteiger partial charge in [-0.2, -0.15) is 0 Å². The van der Waals surface area contributed by atoms with E-state index in [1.54, 1.807) is 0 Å². The van der Waals surface area contributed by atoms with Crippen LogP contribution >= 0.6 is 0 Å². The van der Waals surface area contributed by atoms with E-state index >= 15 is 0 Å². The predicted octanol–water partition coefficient (Wildman–Crippen LogP) is 2.59. The Morgan fingerprint density at radius 3 is 3.18 bits per heavy atom. The zero-order valence-corrected chi connectivity index (χ0v) is 12.6. The van der Waals surface area contributed by atoms with Crippen LogP contribution in [0.3, 0.4) is 0 Å². The van der Waals surface area contributed by atoms with Crippen molar-refractivity contribution in [3.05, 3.63) is 42.5 Å². The topological polar surface area (TPSA) is 33.6 Å². The molecule has 1 aromatic rings.